The SMILES string of the molecule is CNC(=O)CNCCN1C(=O)c2ccccc2C1=O. The van der Waals surface area contributed by atoms with Crippen molar-refractivity contribution < 1.29 is 14.4 Å². The van der Waals surface area contributed by atoms with Gasteiger partial charge in [0.1, 0.15) is 0 Å². The second-order valence-electron chi connectivity index (χ2n) is 4.16. The third-order valence-electron chi connectivity index (χ3n) is 2.95. The van der Waals surface area contributed by atoms with Crippen molar-refractivity contribution in [3.05, 3.63) is 35.4 Å². The summed E-state index contributed by atoms with van der Waals surface area (Å²) in [4.78, 5) is 36.2. The van der Waals surface area contributed by atoms with Gasteiger partial charge in [-0.05, 0) is 12.1 Å². The Labute approximate surface area is 110 Å². The summed E-state index contributed by atoms with van der Waals surface area (Å²) in [5, 5.41) is 5.35. The minimum Gasteiger partial charge on any atom is -0.358 e. The maximum absolute atomic E-state index is 12.0. The van der Waals surface area contributed by atoms with E-state index in [1.807, 2.05) is 0 Å². The molecule has 1 aromatic rings. The minimum absolute atomic E-state index is 0.137. The molecule has 2 rings (SSSR count). The number of amides is 3. The number of carbonyl (C=O) groups excluding carboxylic acids is 3. The first-order valence-electron chi connectivity index (χ1n) is 6.01. The molecule has 1 aliphatic rings. The van der Waals surface area contributed by atoms with E-state index in [1.165, 1.54) is 4.90 Å². The van der Waals surface area contributed by atoms with Crippen LogP contribution in [0.1, 0.15) is 20.7 Å². The fourth-order valence-corrected chi connectivity index (χ4v) is 1.92. The normalized spacial score (nSPS) is 13.6. The predicted octanol–water partition coefficient (Wildman–Crippen LogP) is -0.382. The second-order valence-corrected chi connectivity index (χ2v) is 4.16. The zero-order valence-electron chi connectivity index (χ0n) is 10.6. The van der Waals surface area contributed by atoms with Gasteiger partial charge in [0.25, 0.3) is 11.8 Å². The molecule has 1 aromatic carbocycles. The molecule has 19 heavy (non-hydrogen) atoms. The van der Waals surface area contributed by atoms with Crippen LogP contribution in [0.25, 0.3) is 0 Å². The molecule has 0 fully saturated rings. The summed E-state index contributed by atoms with van der Waals surface area (Å²) in [5.41, 5.74) is 0.887. The smallest absolute Gasteiger partial charge is 0.261 e. The van der Waals surface area contributed by atoms with Crippen molar-refractivity contribution in [1.82, 2.24) is 15.5 Å². The van der Waals surface area contributed by atoms with E-state index in [1.54, 1.807) is 31.3 Å². The fourth-order valence-electron chi connectivity index (χ4n) is 1.92. The van der Waals surface area contributed by atoms with Gasteiger partial charge in [0.2, 0.25) is 5.91 Å². The van der Waals surface area contributed by atoms with Gasteiger partial charge >= 0.3 is 0 Å². The molecule has 1 aliphatic heterocycles. The van der Waals surface area contributed by atoms with Crippen LogP contribution in [-0.2, 0) is 4.79 Å². The Hall–Kier alpha value is -2.21. The summed E-state index contributed by atoms with van der Waals surface area (Å²) in [6.45, 7) is 0.807. The summed E-state index contributed by atoms with van der Waals surface area (Å²) < 4.78 is 0. The number of rotatable bonds is 5. The van der Waals surface area contributed by atoms with E-state index in [0.717, 1.165) is 0 Å². The number of imide groups is 1. The Kier molecular flexibility index (Phi) is 3.91. The Balaban J connectivity index is 1.92. The summed E-state index contributed by atoms with van der Waals surface area (Å²) in [5.74, 6) is -0.688. The van der Waals surface area contributed by atoms with Crippen molar-refractivity contribution in [2.24, 2.45) is 0 Å². The van der Waals surface area contributed by atoms with Gasteiger partial charge in [-0.2, -0.15) is 0 Å². The number of nitrogens with zero attached hydrogens (tertiary/aromatic N) is 1. The molecular formula is C13H15N3O3. The molecule has 0 bridgehead atoms. The number of benzene rings is 1. The lowest BCUT2D eigenvalue weighted by Gasteiger charge is -2.13. The molecule has 0 saturated heterocycles. The molecule has 0 atom stereocenters. The maximum Gasteiger partial charge on any atom is 0.261 e. The number of carbonyl (C=O) groups is 3. The van der Waals surface area contributed by atoms with E-state index in [2.05, 4.69) is 10.6 Å². The van der Waals surface area contributed by atoms with Crippen molar-refractivity contribution >= 4 is 17.7 Å². The average Bonchev–Trinajstić information content (AvgIpc) is 2.68. The Morgan fingerprint density at radius 1 is 1.16 bits per heavy atom. The van der Waals surface area contributed by atoms with Crippen LogP contribution in [0.15, 0.2) is 24.3 Å². The molecule has 6 nitrogen and oxygen atoms in total. The third kappa shape index (κ3) is 2.63. The molecule has 1 heterocycles. The van der Waals surface area contributed by atoms with Crippen LogP contribution < -0.4 is 10.6 Å². The molecule has 0 unspecified atom stereocenters. The second kappa shape index (κ2) is 5.62. The van der Waals surface area contributed by atoms with Crippen LogP contribution in [0.2, 0.25) is 0 Å². The van der Waals surface area contributed by atoms with Gasteiger partial charge in [0.05, 0.1) is 17.7 Å². The number of likely N-dealkylation sites (N-methyl/N-ethyl adjacent to an activating group) is 1. The predicted molar refractivity (Wildman–Crippen MR) is 68.7 cm³/mol. The molecule has 0 saturated carbocycles. The highest BCUT2D eigenvalue weighted by molar-refractivity contribution is 6.21. The topological polar surface area (TPSA) is 78.5 Å². The molecule has 0 radical (unpaired) electrons. The molecular weight excluding hydrogens is 246 g/mol. The largest absolute Gasteiger partial charge is 0.358 e. The first-order chi connectivity index (χ1) is 9.15. The highest BCUT2D eigenvalue weighted by Crippen LogP contribution is 2.21. The number of nitrogens with one attached hydrogen (secondary N) is 2. The van der Waals surface area contributed by atoms with E-state index in [0.29, 0.717) is 17.7 Å². The highest BCUT2D eigenvalue weighted by Gasteiger charge is 2.34. The molecule has 6 heteroatoms. The van der Waals surface area contributed by atoms with Crippen molar-refractivity contribution in [1.29, 1.82) is 0 Å². The van der Waals surface area contributed by atoms with Crippen LogP contribution in [0, 0.1) is 0 Å². The summed E-state index contributed by atoms with van der Waals surface area (Å²) in [6, 6.07) is 6.76. The van der Waals surface area contributed by atoms with Crippen molar-refractivity contribution in [3.63, 3.8) is 0 Å². The lowest BCUT2D eigenvalue weighted by atomic mass is 10.1. The van der Waals surface area contributed by atoms with Crippen LogP contribution in [0.3, 0.4) is 0 Å². The lowest BCUT2D eigenvalue weighted by Crippen LogP contribution is -2.39. The third-order valence-corrected chi connectivity index (χ3v) is 2.95. The van der Waals surface area contributed by atoms with Crippen LogP contribution in [0.4, 0.5) is 0 Å². The zero-order chi connectivity index (χ0) is 13.8. The average molecular weight is 261 g/mol. The first-order valence-corrected chi connectivity index (χ1v) is 6.01. The van der Waals surface area contributed by atoms with Crippen LogP contribution >= 0.6 is 0 Å². The number of hydrogen-bond acceptors (Lipinski definition) is 4. The maximum atomic E-state index is 12.0. The van der Waals surface area contributed by atoms with Gasteiger partial charge in [0, 0.05) is 20.1 Å². The molecule has 0 aliphatic carbocycles. The quantitative estimate of drug-likeness (QED) is 0.559. The molecule has 3 amide bonds. The van der Waals surface area contributed by atoms with Crippen molar-refractivity contribution in [2.45, 2.75) is 0 Å². The standard InChI is InChI=1S/C13H15N3O3/c1-14-11(17)8-15-6-7-16-12(18)9-4-2-3-5-10(9)13(16)19/h2-5,15H,6-8H2,1H3,(H,14,17). The summed E-state index contributed by atoms with van der Waals surface area (Å²) in [7, 11) is 1.55. The van der Waals surface area contributed by atoms with Gasteiger partial charge < -0.3 is 10.6 Å². The van der Waals surface area contributed by atoms with E-state index in [9.17, 15) is 14.4 Å². The Bertz CT molecular complexity index is 493. The van der Waals surface area contributed by atoms with Crippen molar-refractivity contribution in [2.75, 3.05) is 26.7 Å². The van der Waals surface area contributed by atoms with Gasteiger partial charge in [-0.15, -0.1) is 0 Å². The molecule has 100 valence electrons. The monoisotopic (exact) mass is 261 g/mol. The summed E-state index contributed by atoms with van der Waals surface area (Å²) in [6.07, 6.45) is 0. The first kappa shape index (κ1) is 13.2. The van der Waals surface area contributed by atoms with Gasteiger partial charge in [-0.3, -0.25) is 19.3 Å². The Morgan fingerprint density at radius 3 is 2.26 bits per heavy atom. The van der Waals surface area contributed by atoms with E-state index < -0.39 is 0 Å². The fraction of sp³-hybridized carbons (Fsp3) is 0.308. The van der Waals surface area contributed by atoms with Gasteiger partial charge in [-0.1, -0.05) is 12.1 Å². The molecule has 0 aromatic heterocycles. The van der Waals surface area contributed by atoms with E-state index in [-0.39, 0.29) is 30.8 Å². The zero-order valence-corrected chi connectivity index (χ0v) is 10.6. The number of fused-ring (bicyclic) bond motifs is 1. The van der Waals surface area contributed by atoms with Crippen LogP contribution in [-0.4, -0.2) is 49.3 Å². The van der Waals surface area contributed by atoms with Gasteiger partial charge in [0.15, 0.2) is 0 Å². The van der Waals surface area contributed by atoms with Crippen LogP contribution in [0.5, 0.6) is 0 Å². The highest BCUT2D eigenvalue weighted by atomic mass is 16.2. The number of hydrogen-bond donors (Lipinski definition) is 2. The summed E-state index contributed by atoms with van der Waals surface area (Å²) >= 11 is 0. The van der Waals surface area contributed by atoms with E-state index >= 15 is 0 Å². The van der Waals surface area contributed by atoms with Gasteiger partial charge in [-0.25, -0.2) is 0 Å². The molecule has 2 N–H and O–H groups in total. The van der Waals surface area contributed by atoms with Crippen molar-refractivity contribution in [3.8, 4) is 0 Å². The Morgan fingerprint density at radius 2 is 1.74 bits per heavy atom. The lowest BCUT2D eigenvalue weighted by molar-refractivity contribution is -0.119. The van der Waals surface area contributed by atoms with E-state index in [4.69, 9.17) is 0 Å². The molecule has 0 spiro atoms. The minimum atomic E-state index is -0.276.